The number of anilines is 3. The average molecular weight is 529 g/mol. The summed E-state index contributed by atoms with van der Waals surface area (Å²) < 4.78 is 5.62. The minimum atomic E-state index is 0.162. The van der Waals surface area contributed by atoms with Crippen molar-refractivity contribution >= 4 is 17.3 Å². The van der Waals surface area contributed by atoms with E-state index in [0.717, 1.165) is 50.8 Å². The predicted molar refractivity (Wildman–Crippen MR) is 153 cm³/mol. The Morgan fingerprint density at radius 3 is 2.62 bits per heavy atom. The Hall–Kier alpha value is -3.94. The highest BCUT2D eigenvalue weighted by atomic mass is 16.5. The summed E-state index contributed by atoms with van der Waals surface area (Å²) in [7, 11) is 0. The van der Waals surface area contributed by atoms with Crippen LogP contribution >= 0.6 is 0 Å². The molecule has 10 nitrogen and oxygen atoms in total. The lowest BCUT2D eigenvalue weighted by Crippen LogP contribution is -2.49. The number of nitrogens with two attached hydrogens (primary N) is 1. The van der Waals surface area contributed by atoms with Crippen molar-refractivity contribution in [1.82, 2.24) is 25.1 Å². The lowest BCUT2D eigenvalue weighted by molar-refractivity contribution is -0.0296. The van der Waals surface area contributed by atoms with Crippen molar-refractivity contribution < 1.29 is 9.84 Å². The lowest BCUT2D eigenvalue weighted by Gasteiger charge is -2.37. The number of phenolic OH excluding ortho intramolecular Hbond substituents is 1. The molecule has 2 aliphatic rings. The number of ether oxygens (including phenoxy) is 1. The number of aromatic hydroxyl groups is 1. The maximum absolute atomic E-state index is 10.3. The van der Waals surface area contributed by atoms with E-state index in [4.69, 9.17) is 15.5 Å². The molecule has 0 unspecified atom stereocenters. The SMILES string of the molecule is C[C@@H]1COC[C@H](C)N1CC#Cc1nccc(N2CCN(c3cc(-c4ccccc4O)nnc3N)CC[C@@H]2C)n1. The Morgan fingerprint density at radius 2 is 1.82 bits per heavy atom. The molecule has 0 radical (unpaired) electrons. The third-order valence-corrected chi connectivity index (χ3v) is 7.53. The van der Waals surface area contributed by atoms with Gasteiger partial charge in [0.2, 0.25) is 5.82 Å². The van der Waals surface area contributed by atoms with Crippen LogP contribution in [0.15, 0.2) is 42.6 Å². The lowest BCUT2D eigenvalue weighted by atomic mass is 10.1. The van der Waals surface area contributed by atoms with E-state index in [-0.39, 0.29) is 11.8 Å². The summed E-state index contributed by atoms with van der Waals surface area (Å²) in [5, 5.41) is 18.7. The number of para-hydroxylation sites is 1. The van der Waals surface area contributed by atoms with E-state index in [2.05, 4.69) is 62.5 Å². The number of morpholine rings is 1. The molecule has 3 aromatic rings. The summed E-state index contributed by atoms with van der Waals surface area (Å²) >= 11 is 0. The number of phenols is 1. The maximum atomic E-state index is 10.3. The molecule has 0 bridgehead atoms. The summed E-state index contributed by atoms with van der Waals surface area (Å²) in [5.74, 6) is 8.37. The molecule has 2 saturated heterocycles. The zero-order chi connectivity index (χ0) is 27.4. The smallest absolute Gasteiger partial charge is 0.206 e. The molecular formula is C29H36N8O2. The van der Waals surface area contributed by atoms with Crippen molar-refractivity contribution in [1.29, 1.82) is 0 Å². The van der Waals surface area contributed by atoms with E-state index in [1.54, 1.807) is 18.3 Å². The number of nitrogens with zero attached hydrogens (tertiary/aromatic N) is 7. The summed E-state index contributed by atoms with van der Waals surface area (Å²) in [6, 6.07) is 11.9. The molecule has 39 heavy (non-hydrogen) atoms. The molecule has 3 N–H and O–H groups in total. The highest BCUT2D eigenvalue weighted by Crippen LogP contribution is 2.32. The maximum Gasteiger partial charge on any atom is 0.206 e. The molecule has 204 valence electrons. The van der Waals surface area contributed by atoms with Crippen LogP contribution in [0.4, 0.5) is 17.3 Å². The van der Waals surface area contributed by atoms with Crippen LogP contribution in [0.3, 0.4) is 0 Å². The van der Waals surface area contributed by atoms with Crippen LogP contribution in [0.2, 0.25) is 0 Å². The van der Waals surface area contributed by atoms with Crippen molar-refractivity contribution in [3.8, 4) is 28.8 Å². The first-order chi connectivity index (χ1) is 18.9. The molecule has 10 heteroatoms. The largest absolute Gasteiger partial charge is 0.507 e. The molecule has 0 aliphatic carbocycles. The summed E-state index contributed by atoms with van der Waals surface area (Å²) in [6.45, 7) is 11.0. The van der Waals surface area contributed by atoms with Gasteiger partial charge in [-0.3, -0.25) is 4.90 Å². The van der Waals surface area contributed by atoms with Gasteiger partial charge < -0.3 is 25.4 Å². The van der Waals surface area contributed by atoms with Crippen LogP contribution in [-0.2, 0) is 4.74 Å². The quantitative estimate of drug-likeness (QED) is 0.490. The van der Waals surface area contributed by atoms with Crippen molar-refractivity contribution in [2.24, 2.45) is 0 Å². The van der Waals surface area contributed by atoms with E-state index in [1.807, 2.05) is 24.3 Å². The van der Waals surface area contributed by atoms with E-state index in [9.17, 15) is 5.11 Å². The Morgan fingerprint density at radius 1 is 1.03 bits per heavy atom. The predicted octanol–water partition coefficient (Wildman–Crippen LogP) is 2.79. The Balaban J connectivity index is 1.30. The minimum Gasteiger partial charge on any atom is -0.507 e. The van der Waals surface area contributed by atoms with Crippen molar-refractivity contribution in [2.75, 3.05) is 54.9 Å². The molecule has 2 aliphatic heterocycles. The summed E-state index contributed by atoms with van der Waals surface area (Å²) in [4.78, 5) is 16.1. The monoisotopic (exact) mass is 528 g/mol. The van der Waals surface area contributed by atoms with E-state index in [0.29, 0.717) is 41.5 Å². The average Bonchev–Trinajstić information content (AvgIpc) is 3.13. The third kappa shape index (κ3) is 6.05. The second-order valence-corrected chi connectivity index (χ2v) is 10.3. The van der Waals surface area contributed by atoms with Gasteiger partial charge >= 0.3 is 0 Å². The van der Waals surface area contributed by atoms with Crippen LogP contribution in [-0.4, -0.2) is 87.7 Å². The van der Waals surface area contributed by atoms with E-state index >= 15 is 0 Å². The van der Waals surface area contributed by atoms with Gasteiger partial charge in [0.25, 0.3) is 0 Å². The molecule has 1 aromatic carbocycles. The van der Waals surface area contributed by atoms with Gasteiger partial charge in [-0.25, -0.2) is 9.97 Å². The number of hydrogen-bond donors (Lipinski definition) is 2. The highest BCUT2D eigenvalue weighted by Gasteiger charge is 2.25. The van der Waals surface area contributed by atoms with Crippen molar-refractivity contribution in [3.05, 3.63) is 48.4 Å². The van der Waals surface area contributed by atoms with Crippen molar-refractivity contribution in [3.63, 3.8) is 0 Å². The van der Waals surface area contributed by atoms with Gasteiger partial charge in [-0.2, -0.15) is 0 Å². The molecular weight excluding hydrogens is 492 g/mol. The third-order valence-electron chi connectivity index (χ3n) is 7.53. The van der Waals surface area contributed by atoms with E-state index < -0.39 is 0 Å². The van der Waals surface area contributed by atoms with Gasteiger partial charge in [-0.05, 0) is 57.4 Å². The first kappa shape index (κ1) is 26.7. The van der Waals surface area contributed by atoms with Crippen LogP contribution in [0.5, 0.6) is 5.75 Å². The Kier molecular flexibility index (Phi) is 8.10. The molecule has 2 aromatic heterocycles. The number of rotatable bonds is 4. The normalized spacial score (nSPS) is 22.2. The fourth-order valence-corrected chi connectivity index (χ4v) is 5.23. The Bertz CT molecular complexity index is 1350. The fraction of sp³-hybridized carbons (Fsp3) is 0.448. The fourth-order valence-electron chi connectivity index (χ4n) is 5.23. The Labute approximate surface area is 229 Å². The number of nitrogen functional groups attached to an aromatic ring is 1. The van der Waals surface area contributed by atoms with Crippen LogP contribution in [0.25, 0.3) is 11.3 Å². The molecule has 5 rings (SSSR count). The molecule has 4 heterocycles. The summed E-state index contributed by atoms with van der Waals surface area (Å²) in [6.07, 6.45) is 2.69. The zero-order valence-electron chi connectivity index (χ0n) is 22.8. The number of hydrogen-bond acceptors (Lipinski definition) is 10. The molecule has 0 amide bonds. The summed E-state index contributed by atoms with van der Waals surface area (Å²) in [5.41, 5.74) is 8.30. The molecule has 2 fully saturated rings. The van der Waals surface area contributed by atoms with Gasteiger partial charge in [0.15, 0.2) is 5.82 Å². The van der Waals surface area contributed by atoms with E-state index in [1.165, 1.54) is 0 Å². The van der Waals surface area contributed by atoms with Gasteiger partial charge in [0, 0.05) is 49.5 Å². The van der Waals surface area contributed by atoms with Crippen LogP contribution in [0, 0.1) is 11.8 Å². The second-order valence-electron chi connectivity index (χ2n) is 10.3. The van der Waals surface area contributed by atoms with Gasteiger partial charge in [-0.15, -0.1) is 10.2 Å². The van der Waals surface area contributed by atoms with Crippen molar-refractivity contribution in [2.45, 2.75) is 45.3 Å². The topological polar surface area (TPSA) is 117 Å². The zero-order valence-corrected chi connectivity index (χ0v) is 22.8. The molecule has 0 saturated carbocycles. The van der Waals surface area contributed by atoms with Gasteiger partial charge in [0.1, 0.15) is 11.6 Å². The number of aromatic nitrogens is 4. The van der Waals surface area contributed by atoms with Gasteiger partial charge in [-0.1, -0.05) is 18.1 Å². The first-order valence-corrected chi connectivity index (χ1v) is 13.5. The highest BCUT2D eigenvalue weighted by molar-refractivity contribution is 5.74. The minimum absolute atomic E-state index is 0.162. The second kappa shape index (κ2) is 11.8. The van der Waals surface area contributed by atoms with Crippen LogP contribution in [0.1, 0.15) is 33.0 Å². The molecule has 0 spiro atoms. The molecule has 3 atom stereocenters. The first-order valence-electron chi connectivity index (χ1n) is 13.5. The van der Waals surface area contributed by atoms with Crippen LogP contribution < -0.4 is 15.5 Å². The standard InChI is InChI=1S/C29H36N8O2/c1-20-11-14-35(25-17-24(33-34-29(25)30)23-7-4-5-8-26(23)38)15-16-37(20)28-10-12-31-27(32-28)9-6-13-36-21(2)18-39-19-22(36)3/h4-5,7-8,10,12,17,20-22,38H,11,13-16,18-19H2,1-3H3,(H2,30,34)/t20-,21-,22+/m0/s1. The van der Waals surface area contributed by atoms with Gasteiger partial charge in [0.05, 0.1) is 31.1 Å². The number of benzene rings is 1.